The standard InChI is InChI=1S/C19H32N2O/c1-11(17-8-12-5-6-13(17)7-12)21-19(22)16-9-14-3-2-4-15(10-16)18(14)20/h11-18H,2-10,20H2,1H3,(H,21,22). The summed E-state index contributed by atoms with van der Waals surface area (Å²) in [5.74, 6) is 4.35. The van der Waals surface area contributed by atoms with E-state index >= 15 is 0 Å². The smallest absolute Gasteiger partial charge is 0.223 e. The molecule has 3 nitrogen and oxygen atoms in total. The van der Waals surface area contributed by atoms with Crippen LogP contribution in [-0.4, -0.2) is 18.0 Å². The van der Waals surface area contributed by atoms with Crippen molar-refractivity contribution in [3.05, 3.63) is 0 Å². The third-order valence-electron chi connectivity index (χ3n) is 7.59. The predicted molar refractivity (Wildman–Crippen MR) is 88.1 cm³/mol. The van der Waals surface area contributed by atoms with Gasteiger partial charge in [0.25, 0.3) is 0 Å². The second kappa shape index (κ2) is 5.81. The highest BCUT2D eigenvalue weighted by Crippen LogP contribution is 2.49. The zero-order valence-electron chi connectivity index (χ0n) is 14.0. The van der Waals surface area contributed by atoms with Gasteiger partial charge in [0, 0.05) is 18.0 Å². The quantitative estimate of drug-likeness (QED) is 0.842. The van der Waals surface area contributed by atoms with Crippen LogP contribution in [0.3, 0.4) is 0 Å². The molecule has 0 aromatic carbocycles. The summed E-state index contributed by atoms with van der Waals surface area (Å²) in [6.45, 7) is 2.25. The van der Waals surface area contributed by atoms with Crippen molar-refractivity contribution in [2.45, 2.75) is 76.8 Å². The van der Waals surface area contributed by atoms with Crippen LogP contribution in [0.1, 0.15) is 64.7 Å². The average Bonchev–Trinajstić information content (AvgIpc) is 3.09. The molecule has 0 aromatic heterocycles. The number of nitrogens with one attached hydrogen (secondary N) is 1. The maximum absolute atomic E-state index is 12.8. The fourth-order valence-corrected chi connectivity index (χ4v) is 6.36. The van der Waals surface area contributed by atoms with Gasteiger partial charge in [0.15, 0.2) is 0 Å². The van der Waals surface area contributed by atoms with Gasteiger partial charge in [-0.1, -0.05) is 12.8 Å². The number of hydrogen-bond acceptors (Lipinski definition) is 2. The fraction of sp³-hybridized carbons (Fsp3) is 0.947. The van der Waals surface area contributed by atoms with Crippen LogP contribution in [0.15, 0.2) is 0 Å². The van der Waals surface area contributed by atoms with Gasteiger partial charge in [-0.15, -0.1) is 0 Å². The first kappa shape index (κ1) is 15.0. The van der Waals surface area contributed by atoms with Crippen molar-refractivity contribution < 1.29 is 4.79 Å². The first-order valence-electron chi connectivity index (χ1n) is 9.67. The summed E-state index contributed by atoms with van der Waals surface area (Å²) in [5, 5.41) is 3.40. The van der Waals surface area contributed by atoms with Crippen LogP contribution in [0.5, 0.6) is 0 Å². The molecule has 0 spiro atoms. The zero-order valence-corrected chi connectivity index (χ0v) is 14.0. The monoisotopic (exact) mass is 304 g/mol. The molecule has 4 aliphatic carbocycles. The summed E-state index contributed by atoms with van der Waals surface area (Å²) >= 11 is 0. The molecule has 3 heteroatoms. The van der Waals surface area contributed by atoms with E-state index in [0.29, 0.717) is 29.8 Å². The summed E-state index contributed by atoms with van der Waals surface area (Å²) in [4.78, 5) is 12.8. The average molecular weight is 304 g/mol. The topological polar surface area (TPSA) is 55.1 Å². The van der Waals surface area contributed by atoms with Crippen LogP contribution in [0.2, 0.25) is 0 Å². The lowest BCUT2D eigenvalue weighted by molar-refractivity contribution is -0.129. The van der Waals surface area contributed by atoms with Crippen LogP contribution in [-0.2, 0) is 4.79 Å². The summed E-state index contributed by atoms with van der Waals surface area (Å²) in [6.07, 6.45) is 11.5. The Morgan fingerprint density at radius 3 is 2.32 bits per heavy atom. The molecule has 0 aromatic rings. The number of carbonyl (C=O) groups is 1. The lowest BCUT2D eigenvalue weighted by atomic mass is 9.65. The van der Waals surface area contributed by atoms with Crippen molar-refractivity contribution in [3.63, 3.8) is 0 Å². The van der Waals surface area contributed by atoms with Crippen molar-refractivity contribution in [1.82, 2.24) is 5.32 Å². The van der Waals surface area contributed by atoms with Gasteiger partial charge in [-0.3, -0.25) is 4.79 Å². The molecular weight excluding hydrogens is 272 g/mol. The number of nitrogens with two attached hydrogens (primary N) is 1. The highest BCUT2D eigenvalue weighted by molar-refractivity contribution is 5.79. The Morgan fingerprint density at radius 1 is 1.00 bits per heavy atom. The maximum Gasteiger partial charge on any atom is 0.223 e. The second-order valence-corrected chi connectivity index (χ2v) is 8.83. The minimum Gasteiger partial charge on any atom is -0.353 e. The normalized spacial score (nSPS) is 48.2. The molecule has 4 aliphatic rings. The molecule has 6 atom stereocenters. The van der Waals surface area contributed by atoms with Gasteiger partial charge >= 0.3 is 0 Å². The second-order valence-electron chi connectivity index (χ2n) is 8.83. The Kier molecular flexibility index (Phi) is 3.96. The van der Waals surface area contributed by atoms with Gasteiger partial charge in [-0.05, 0) is 81.5 Å². The SMILES string of the molecule is CC(NC(=O)C1CC2CCCC(C1)C2N)C1CC2CCC1C2. The number of rotatable bonds is 3. The van der Waals surface area contributed by atoms with Gasteiger partial charge in [-0.25, -0.2) is 0 Å². The minimum atomic E-state index is 0.233. The van der Waals surface area contributed by atoms with Gasteiger partial charge in [0.2, 0.25) is 5.91 Å². The summed E-state index contributed by atoms with van der Waals surface area (Å²) < 4.78 is 0. The van der Waals surface area contributed by atoms with Crippen molar-refractivity contribution in [1.29, 1.82) is 0 Å². The van der Waals surface area contributed by atoms with E-state index in [1.807, 2.05) is 0 Å². The molecule has 4 rings (SSSR count). The number of fused-ring (bicyclic) bond motifs is 4. The van der Waals surface area contributed by atoms with E-state index in [2.05, 4.69) is 12.2 Å². The predicted octanol–water partition coefficient (Wildman–Crippen LogP) is 3.08. The lowest BCUT2D eigenvalue weighted by Gasteiger charge is -2.44. The molecule has 1 amide bonds. The molecule has 0 aliphatic heterocycles. The van der Waals surface area contributed by atoms with Gasteiger partial charge in [0.05, 0.1) is 0 Å². The molecule has 6 unspecified atom stereocenters. The third kappa shape index (κ3) is 2.60. The van der Waals surface area contributed by atoms with Crippen molar-refractivity contribution in [2.75, 3.05) is 0 Å². The molecule has 124 valence electrons. The molecule has 0 radical (unpaired) electrons. The fourth-order valence-electron chi connectivity index (χ4n) is 6.36. The van der Waals surface area contributed by atoms with E-state index in [9.17, 15) is 4.79 Å². The number of amides is 1. The zero-order chi connectivity index (χ0) is 15.3. The molecule has 22 heavy (non-hydrogen) atoms. The van der Waals surface area contributed by atoms with E-state index in [-0.39, 0.29) is 5.92 Å². The molecular formula is C19H32N2O. The molecule has 4 saturated carbocycles. The Labute approximate surface area is 134 Å². The van der Waals surface area contributed by atoms with Crippen LogP contribution in [0.4, 0.5) is 0 Å². The summed E-state index contributed by atoms with van der Waals surface area (Å²) in [5.41, 5.74) is 6.36. The molecule has 0 heterocycles. The van der Waals surface area contributed by atoms with Crippen molar-refractivity contribution in [2.24, 2.45) is 41.2 Å². The van der Waals surface area contributed by atoms with E-state index in [1.54, 1.807) is 0 Å². The first-order chi connectivity index (χ1) is 10.6. The highest BCUT2D eigenvalue weighted by Gasteiger charge is 2.44. The maximum atomic E-state index is 12.8. The highest BCUT2D eigenvalue weighted by atomic mass is 16.1. The van der Waals surface area contributed by atoms with E-state index in [1.165, 1.54) is 44.9 Å². The Hall–Kier alpha value is -0.570. The minimum absolute atomic E-state index is 0.233. The molecule has 4 fully saturated rings. The lowest BCUT2D eigenvalue weighted by Crippen LogP contribution is -2.50. The number of hydrogen-bond donors (Lipinski definition) is 2. The van der Waals surface area contributed by atoms with Gasteiger partial charge in [0.1, 0.15) is 0 Å². The van der Waals surface area contributed by atoms with Gasteiger partial charge < -0.3 is 11.1 Å². The third-order valence-corrected chi connectivity index (χ3v) is 7.59. The largest absolute Gasteiger partial charge is 0.353 e. The number of carbonyl (C=O) groups excluding carboxylic acids is 1. The molecule has 4 bridgehead atoms. The van der Waals surface area contributed by atoms with Crippen molar-refractivity contribution in [3.8, 4) is 0 Å². The first-order valence-corrected chi connectivity index (χ1v) is 9.67. The van der Waals surface area contributed by atoms with E-state index in [0.717, 1.165) is 30.6 Å². The van der Waals surface area contributed by atoms with Crippen LogP contribution < -0.4 is 11.1 Å². The van der Waals surface area contributed by atoms with E-state index < -0.39 is 0 Å². The van der Waals surface area contributed by atoms with Crippen molar-refractivity contribution >= 4 is 5.91 Å². The van der Waals surface area contributed by atoms with Crippen LogP contribution in [0.25, 0.3) is 0 Å². The van der Waals surface area contributed by atoms with Gasteiger partial charge in [-0.2, -0.15) is 0 Å². The Morgan fingerprint density at radius 2 is 1.73 bits per heavy atom. The summed E-state index contributed by atoms with van der Waals surface area (Å²) in [7, 11) is 0. The Balaban J connectivity index is 1.34. The van der Waals surface area contributed by atoms with Crippen LogP contribution in [0, 0.1) is 35.5 Å². The van der Waals surface area contributed by atoms with Crippen LogP contribution >= 0.6 is 0 Å². The van der Waals surface area contributed by atoms with E-state index in [4.69, 9.17) is 5.73 Å². The summed E-state index contributed by atoms with van der Waals surface area (Å²) in [6, 6.07) is 0.735. The molecule has 0 saturated heterocycles. The molecule has 3 N–H and O–H groups in total. The Bertz CT molecular complexity index is 423.